The van der Waals surface area contributed by atoms with Gasteiger partial charge in [-0.15, -0.1) is 0 Å². The third kappa shape index (κ3) is 3.65. The first-order valence-corrected chi connectivity index (χ1v) is 7.72. The number of carbonyl (C=O) groups excluding carboxylic acids is 1. The number of aromatic amines is 2. The number of hydrogen-bond donors (Lipinski definition) is 3. The molecule has 0 fully saturated rings. The number of aromatic nitrogens is 6. The molecular formula is C16H19N7O. The minimum atomic E-state index is -0.0445. The molecule has 8 nitrogen and oxygen atoms in total. The van der Waals surface area contributed by atoms with Gasteiger partial charge in [-0.2, -0.15) is 10.2 Å². The summed E-state index contributed by atoms with van der Waals surface area (Å²) in [6.07, 6.45) is 4.37. The number of hydrogen-bond acceptors (Lipinski definition) is 5. The minimum Gasteiger partial charge on any atom is -0.349 e. The summed E-state index contributed by atoms with van der Waals surface area (Å²) in [5.74, 6) is 1.16. The summed E-state index contributed by atoms with van der Waals surface area (Å²) in [5, 5.41) is 16.9. The van der Waals surface area contributed by atoms with Crippen molar-refractivity contribution in [3.8, 4) is 11.4 Å². The Labute approximate surface area is 139 Å². The van der Waals surface area contributed by atoms with Gasteiger partial charge in [0.25, 0.3) is 0 Å². The lowest BCUT2D eigenvalue weighted by molar-refractivity contribution is -0.121. The smallest absolute Gasteiger partial charge is 0.220 e. The van der Waals surface area contributed by atoms with Crippen LogP contribution in [0.4, 0.5) is 0 Å². The Balaban J connectivity index is 1.50. The molecule has 1 amide bonds. The Bertz CT molecular complexity index is 822. The van der Waals surface area contributed by atoms with Crippen LogP contribution in [-0.4, -0.2) is 36.3 Å². The van der Waals surface area contributed by atoms with Crippen molar-refractivity contribution in [2.45, 2.75) is 33.2 Å². The van der Waals surface area contributed by atoms with Gasteiger partial charge in [0.2, 0.25) is 5.91 Å². The van der Waals surface area contributed by atoms with E-state index in [2.05, 4.69) is 35.7 Å². The number of rotatable bonds is 6. The van der Waals surface area contributed by atoms with E-state index in [9.17, 15) is 4.79 Å². The third-order valence-electron chi connectivity index (χ3n) is 3.87. The molecule has 0 aliphatic rings. The third-order valence-corrected chi connectivity index (χ3v) is 3.87. The van der Waals surface area contributed by atoms with E-state index in [-0.39, 0.29) is 5.91 Å². The fourth-order valence-electron chi connectivity index (χ4n) is 2.29. The van der Waals surface area contributed by atoms with Crippen molar-refractivity contribution in [2.24, 2.45) is 0 Å². The average Bonchev–Trinajstić information content (AvgIpc) is 3.20. The van der Waals surface area contributed by atoms with E-state index in [1.54, 1.807) is 12.4 Å². The number of pyridine rings is 1. The summed E-state index contributed by atoms with van der Waals surface area (Å²) in [4.78, 5) is 20.3. The molecule has 3 N–H and O–H groups in total. The molecule has 0 radical (unpaired) electrons. The SMILES string of the molecule is Cc1[nH]nc(CCC(=O)NCc2nc(-c3ccncc3)n[nH]2)c1C. The van der Waals surface area contributed by atoms with Gasteiger partial charge >= 0.3 is 0 Å². The second-order valence-electron chi connectivity index (χ2n) is 5.54. The maximum atomic E-state index is 12.0. The number of H-pyrrole nitrogens is 2. The summed E-state index contributed by atoms with van der Waals surface area (Å²) < 4.78 is 0. The van der Waals surface area contributed by atoms with Crippen molar-refractivity contribution in [3.05, 3.63) is 47.3 Å². The van der Waals surface area contributed by atoms with Gasteiger partial charge in [-0.05, 0) is 31.5 Å². The van der Waals surface area contributed by atoms with Crippen LogP contribution < -0.4 is 5.32 Å². The highest BCUT2D eigenvalue weighted by atomic mass is 16.1. The molecule has 0 aliphatic heterocycles. The van der Waals surface area contributed by atoms with Crippen LogP contribution >= 0.6 is 0 Å². The van der Waals surface area contributed by atoms with E-state index in [4.69, 9.17) is 0 Å². The highest BCUT2D eigenvalue weighted by molar-refractivity contribution is 5.76. The minimum absolute atomic E-state index is 0.0445. The van der Waals surface area contributed by atoms with Crippen LogP contribution in [0.15, 0.2) is 24.5 Å². The Morgan fingerprint density at radius 3 is 2.67 bits per heavy atom. The molecule has 3 aromatic heterocycles. The van der Waals surface area contributed by atoms with Gasteiger partial charge in [-0.3, -0.25) is 20.0 Å². The van der Waals surface area contributed by atoms with Crippen molar-refractivity contribution in [1.29, 1.82) is 0 Å². The fourth-order valence-corrected chi connectivity index (χ4v) is 2.29. The summed E-state index contributed by atoms with van der Waals surface area (Å²) in [5.41, 5.74) is 3.96. The second-order valence-corrected chi connectivity index (χ2v) is 5.54. The molecule has 0 unspecified atom stereocenters. The molecule has 3 heterocycles. The van der Waals surface area contributed by atoms with E-state index < -0.39 is 0 Å². The van der Waals surface area contributed by atoms with E-state index in [1.165, 1.54) is 0 Å². The van der Waals surface area contributed by atoms with Gasteiger partial charge < -0.3 is 5.32 Å². The van der Waals surface area contributed by atoms with Gasteiger partial charge in [0.1, 0.15) is 5.82 Å². The lowest BCUT2D eigenvalue weighted by atomic mass is 10.1. The van der Waals surface area contributed by atoms with Crippen LogP contribution in [0.1, 0.15) is 29.2 Å². The monoisotopic (exact) mass is 325 g/mol. The van der Waals surface area contributed by atoms with Gasteiger partial charge in [0.05, 0.1) is 12.2 Å². The van der Waals surface area contributed by atoms with E-state index >= 15 is 0 Å². The molecule has 0 aromatic carbocycles. The largest absolute Gasteiger partial charge is 0.349 e. The molecule has 0 spiro atoms. The molecule has 0 saturated carbocycles. The number of nitrogens with one attached hydrogen (secondary N) is 3. The quantitative estimate of drug-likeness (QED) is 0.635. The lowest BCUT2D eigenvalue weighted by Crippen LogP contribution is -2.23. The summed E-state index contributed by atoms with van der Waals surface area (Å²) in [6.45, 7) is 4.28. The molecule has 124 valence electrons. The molecule has 24 heavy (non-hydrogen) atoms. The molecule has 0 aliphatic carbocycles. The zero-order valence-electron chi connectivity index (χ0n) is 13.6. The zero-order valence-corrected chi connectivity index (χ0v) is 13.6. The van der Waals surface area contributed by atoms with Crippen LogP contribution in [0.3, 0.4) is 0 Å². The van der Waals surface area contributed by atoms with E-state index in [0.717, 1.165) is 22.5 Å². The van der Waals surface area contributed by atoms with Gasteiger partial charge in [-0.25, -0.2) is 4.98 Å². The highest BCUT2D eigenvalue weighted by Crippen LogP contribution is 2.12. The first kappa shape index (κ1) is 15.9. The standard InChI is InChI=1S/C16H19N7O/c1-10-11(2)20-21-13(10)3-4-15(24)18-9-14-19-16(23-22-14)12-5-7-17-8-6-12/h5-8H,3-4,9H2,1-2H3,(H,18,24)(H,20,21)(H,19,22,23). The van der Waals surface area contributed by atoms with Crippen molar-refractivity contribution in [2.75, 3.05) is 0 Å². The van der Waals surface area contributed by atoms with Crippen molar-refractivity contribution < 1.29 is 4.79 Å². The van der Waals surface area contributed by atoms with Crippen LogP contribution in [0.2, 0.25) is 0 Å². The predicted molar refractivity (Wildman–Crippen MR) is 87.8 cm³/mol. The molecular weight excluding hydrogens is 306 g/mol. The predicted octanol–water partition coefficient (Wildman–Crippen LogP) is 1.46. The first-order valence-electron chi connectivity index (χ1n) is 7.72. The number of carbonyl (C=O) groups is 1. The van der Waals surface area contributed by atoms with Gasteiger partial charge in [0.15, 0.2) is 5.82 Å². The topological polar surface area (TPSA) is 112 Å². The molecule has 0 saturated heterocycles. The summed E-state index contributed by atoms with van der Waals surface area (Å²) in [6, 6.07) is 3.67. The Kier molecular flexibility index (Phi) is 4.64. The molecule has 0 atom stereocenters. The molecule has 0 bridgehead atoms. The van der Waals surface area contributed by atoms with Crippen LogP contribution in [0, 0.1) is 13.8 Å². The Morgan fingerprint density at radius 2 is 1.96 bits per heavy atom. The molecule has 3 aromatic rings. The maximum Gasteiger partial charge on any atom is 0.220 e. The van der Waals surface area contributed by atoms with Crippen LogP contribution in [-0.2, 0) is 17.8 Å². The first-order chi connectivity index (χ1) is 11.6. The number of nitrogens with zero attached hydrogens (tertiary/aromatic N) is 4. The van der Waals surface area contributed by atoms with Crippen molar-refractivity contribution >= 4 is 5.91 Å². The van der Waals surface area contributed by atoms with Gasteiger partial charge in [0, 0.05) is 36.5 Å². The molecule has 8 heteroatoms. The van der Waals surface area contributed by atoms with E-state index in [0.29, 0.717) is 31.0 Å². The van der Waals surface area contributed by atoms with Gasteiger partial charge in [-0.1, -0.05) is 0 Å². The lowest BCUT2D eigenvalue weighted by Gasteiger charge is -2.02. The summed E-state index contributed by atoms with van der Waals surface area (Å²) >= 11 is 0. The van der Waals surface area contributed by atoms with Crippen molar-refractivity contribution in [1.82, 2.24) is 35.7 Å². The second kappa shape index (κ2) is 7.03. The maximum absolute atomic E-state index is 12.0. The normalized spacial score (nSPS) is 10.8. The fraction of sp³-hybridized carbons (Fsp3) is 0.312. The summed E-state index contributed by atoms with van der Waals surface area (Å²) in [7, 11) is 0. The Morgan fingerprint density at radius 1 is 1.17 bits per heavy atom. The van der Waals surface area contributed by atoms with Crippen molar-refractivity contribution in [3.63, 3.8) is 0 Å². The van der Waals surface area contributed by atoms with Crippen LogP contribution in [0.5, 0.6) is 0 Å². The number of aryl methyl sites for hydroxylation is 2. The highest BCUT2D eigenvalue weighted by Gasteiger charge is 2.10. The zero-order chi connectivity index (χ0) is 16.9. The average molecular weight is 325 g/mol. The van der Waals surface area contributed by atoms with Crippen LogP contribution in [0.25, 0.3) is 11.4 Å². The number of amides is 1. The molecule has 3 rings (SSSR count). The Hall–Kier alpha value is -3.03. The van der Waals surface area contributed by atoms with E-state index in [1.807, 2.05) is 26.0 Å².